The van der Waals surface area contributed by atoms with Gasteiger partial charge in [-0.15, -0.1) is 0 Å². The maximum Gasteiger partial charge on any atom is 0.289 e. The van der Waals surface area contributed by atoms with Gasteiger partial charge in [0.25, 0.3) is 5.91 Å². The second kappa shape index (κ2) is 6.28. The van der Waals surface area contributed by atoms with E-state index >= 15 is 0 Å². The van der Waals surface area contributed by atoms with Gasteiger partial charge < -0.3 is 19.0 Å². The van der Waals surface area contributed by atoms with E-state index in [0.29, 0.717) is 32.1 Å². The van der Waals surface area contributed by atoms with Crippen LogP contribution < -0.4 is 4.90 Å². The van der Waals surface area contributed by atoms with Crippen LogP contribution >= 0.6 is 0 Å². The number of amides is 1. The number of aromatic nitrogens is 1. The molecule has 0 aliphatic carbocycles. The Morgan fingerprint density at radius 3 is 2.92 bits per heavy atom. The molecule has 2 aliphatic heterocycles. The molecule has 2 aromatic heterocycles. The van der Waals surface area contributed by atoms with Crippen molar-refractivity contribution in [1.82, 2.24) is 9.88 Å². The Kier molecular flexibility index (Phi) is 3.98. The van der Waals surface area contributed by atoms with Gasteiger partial charge in [-0.2, -0.15) is 0 Å². The van der Waals surface area contributed by atoms with Gasteiger partial charge in [-0.05, 0) is 30.7 Å². The van der Waals surface area contributed by atoms with Crippen LogP contribution in [0, 0.1) is 5.41 Å². The Morgan fingerprint density at radius 2 is 2.12 bits per heavy atom. The molecule has 1 amide bonds. The van der Waals surface area contributed by atoms with Crippen molar-refractivity contribution in [3.05, 3.63) is 48.6 Å². The number of pyridine rings is 1. The molecule has 0 bridgehead atoms. The fraction of sp³-hybridized carbons (Fsp3) is 0.444. The van der Waals surface area contributed by atoms with Crippen molar-refractivity contribution in [2.75, 3.05) is 44.3 Å². The minimum atomic E-state index is -0.0545. The summed E-state index contributed by atoms with van der Waals surface area (Å²) >= 11 is 0. The van der Waals surface area contributed by atoms with Crippen molar-refractivity contribution in [1.29, 1.82) is 0 Å². The van der Waals surface area contributed by atoms with Gasteiger partial charge in [0.15, 0.2) is 5.76 Å². The van der Waals surface area contributed by atoms with Crippen molar-refractivity contribution in [3.8, 4) is 0 Å². The van der Waals surface area contributed by atoms with Crippen molar-refractivity contribution >= 4 is 11.7 Å². The van der Waals surface area contributed by atoms with Crippen LogP contribution in [0.3, 0.4) is 0 Å². The summed E-state index contributed by atoms with van der Waals surface area (Å²) in [7, 11) is 0. The second-order valence-electron chi connectivity index (χ2n) is 6.62. The largest absolute Gasteiger partial charge is 0.459 e. The zero-order valence-corrected chi connectivity index (χ0v) is 13.6. The van der Waals surface area contributed by atoms with Gasteiger partial charge in [-0.1, -0.05) is 6.07 Å². The quantitative estimate of drug-likeness (QED) is 0.845. The number of hydrogen-bond acceptors (Lipinski definition) is 5. The Balaban J connectivity index is 1.51. The van der Waals surface area contributed by atoms with Crippen LogP contribution in [0.1, 0.15) is 17.0 Å². The number of ether oxygens (including phenoxy) is 1. The number of rotatable bonds is 2. The minimum absolute atomic E-state index is 0.0454. The number of anilines is 1. The maximum absolute atomic E-state index is 12.7. The number of nitrogens with zero attached hydrogens (tertiary/aromatic N) is 3. The van der Waals surface area contributed by atoms with E-state index in [0.717, 1.165) is 25.3 Å². The molecule has 0 radical (unpaired) electrons. The number of carbonyl (C=O) groups is 1. The molecule has 1 atom stereocenters. The molecule has 2 saturated heterocycles. The van der Waals surface area contributed by atoms with Crippen molar-refractivity contribution in [2.45, 2.75) is 6.42 Å². The van der Waals surface area contributed by atoms with E-state index in [2.05, 4.69) is 9.88 Å². The van der Waals surface area contributed by atoms with Gasteiger partial charge in [0, 0.05) is 37.8 Å². The second-order valence-corrected chi connectivity index (χ2v) is 6.62. The van der Waals surface area contributed by atoms with Crippen LogP contribution in [-0.4, -0.2) is 55.2 Å². The average molecular weight is 327 g/mol. The zero-order chi connectivity index (χ0) is 16.4. The highest BCUT2D eigenvalue weighted by molar-refractivity contribution is 5.91. The smallest absolute Gasteiger partial charge is 0.289 e. The topological polar surface area (TPSA) is 58.8 Å². The molecule has 0 saturated carbocycles. The van der Waals surface area contributed by atoms with Gasteiger partial charge in [0.05, 0.1) is 19.5 Å². The summed E-state index contributed by atoms with van der Waals surface area (Å²) in [6, 6.07) is 9.42. The first-order valence-electron chi connectivity index (χ1n) is 8.32. The number of hydrogen-bond donors (Lipinski definition) is 0. The van der Waals surface area contributed by atoms with Crippen molar-refractivity contribution in [3.63, 3.8) is 0 Å². The molecule has 0 N–H and O–H groups in total. The predicted octanol–water partition coefficient (Wildman–Crippen LogP) is 2.04. The van der Waals surface area contributed by atoms with Gasteiger partial charge >= 0.3 is 0 Å². The molecule has 2 aliphatic rings. The highest BCUT2D eigenvalue weighted by atomic mass is 16.5. The fourth-order valence-corrected chi connectivity index (χ4v) is 3.64. The third-order valence-corrected chi connectivity index (χ3v) is 4.87. The molecule has 6 heteroatoms. The highest BCUT2D eigenvalue weighted by Crippen LogP contribution is 2.35. The van der Waals surface area contributed by atoms with E-state index in [1.807, 2.05) is 29.3 Å². The lowest BCUT2D eigenvalue weighted by Gasteiger charge is -2.31. The van der Waals surface area contributed by atoms with Crippen LogP contribution in [0.4, 0.5) is 5.82 Å². The summed E-state index contributed by atoms with van der Waals surface area (Å²) in [5.74, 6) is 1.33. The van der Waals surface area contributed by atoms with E-state index in [1.165, 1.54) is 6.26 Å². The van der Waals surface area contributed by atoms with Crippen LogP contribution in [-0.2, 0) is 4.74 Å². The molecular weight excluding hydrogens is 306 g/mol. The van der Waals surface area contributed by atoms with Gasteiger partial charge in [0.2, 0.25) is 0 Å². The molecule has 2 fully saturated rings. The minimum Gasteiger partial charge on any atom is -0.459 e. The summed E-state index contributed by atoms with van der Waals surface area (Å²) in [6.45, 7) is 4.33. The first kappa shape index (κ1) is 15.2. The number of carbonyl (C=O) groups excluding carboxylic acids is 1. The first-order chi connectivity index (χ1) is 11.8. The maximum atomic E-state index is 12.7. The Morgan fingerprint density at radius 1 is 1.17 bits per heavy atom. The lowest BCUT2D eigenvalue weighted by molar-refractivity contribution is 0.0663. The third-order valence-electron chi connectivity index (χ3n) is 4.87. The van der Waals surface area contributed by atoms with Gasteiger partial charge in [-0.25, -0.2) is 4.98 Å². The van der Waals surface area contributed by atoms with Crippen LogP contribution in [0.2, 0.25) is 0 Å². The van der Waals surface area contributed by atoms with Gasteiger partial charge in [0.1, 0.15) is 5.82 Å². The van der Waals surface area contributed by atoms with Crippen molar-refractivity contribution in [2.24, 2.45) is 5.41 Å². The Bertz CT molecular complexity index is 689. The predicted molar refractivity (Wildman–Crippen MR) is 88.9 cm³/mol. The van der Waals surface area contributed by atoms with Gasteiger partial charge in [-0.3, -0.25) is 4.79 Å². The molecule has 1 spiro atoms. The lowest BCUT2D eigenvalue weighted by Crippen LogP contribution is -2.43. The van der Waals surface area contributed by atoms with Crippen LogP contribution in [0.25, 0.3) is 0 Å². The van der Waals surface area contributed by atoms with Crippen LogP contribution in [0.15, 0.2) is 47.2 Å². The molecule has 126 valence electrons. The van der Waals surface area contributed by atoms with Crippen molar-refractivity contribution < 1.29 is 13.9 Å². The average Bonchev–Trinajstić information content (AvgIpc) is 3.24. The standard InChI is InChI=1S/C18H21N3O3/c22-17(15-4-3-10-24-15)21-9-11-23-14-18(13-21)6-8-20(12-18)16-5-1-2-7-19-16/h1-5,7,10H,6,8-9,11-14H2. The lowest BCUT2D eigenvalue weighted by atomic mass is 9.87. The molecule has 6 nitrogen and oxygen atoms in total. The molecule has 24 heavy (non-hydrogen) atoms. The Labute approximate surface area is 141 Å². The fourth-order valence-electron chi connectivity index (χ4n) is 3.64. The molecular formula is C18H21N3O3. The van der Waals surface area contributed by atoms with E-state index in [-0.39, 0.29) is 11.3 Å². The molecule has 1 unspecified atom stereocenters. The molecule has 4 heterocycles. The SMILES string of the molecule is O=C(c1ccco1)N1CCOCC2(CCN(c3ccccn3)C2)C1. The van der Waals surface area contributed by atoms with E-state index in [1.54, 1.807) is 12.1 Å². The summed E-state index contributed by atoms with van der Waals surface area (Å²) in [5.41, 5.74) is -0.0454. The summed E-state index contributed by atoms with van der Waals surface area (Å²) in [6.07, 6.45) is 4.35. The van der Waals surface area contributed by atoms with E-state index < -0.39 is 0 Å². The zero-order valence-electron chi connectivity index (χ0n) is 13.6. The Hall–Kier alpha value is -2.34. The van der Waals surface area contributed by atoms with E-state index in [4.69, 9.17) is 9.15 Å². The summed E-state index contributed by atoms with van der Waals surface area (Å²) in [5, 5.41) is 0. The van der Waals surface area contributed by atoms with Crippen LogP contribution in [0.5, 0.6) is 0 Å². The molecule has 0 aromatic carbocycles. The molecule has 2 aromatic rings. The van der Waals surface area contributed by atoms with E-state index in [9.17, 15) is 4.79 Å². The third kappa shape index (κ3) is 2.89. The monoisotopic (exact) mass is 327 g/mol. The first-order valence-corrected chi connectivity index (χ1v) is 8.32. The number of furan rings is 1. The summed E-state index contributed by atoms with van der Waals surface area (Å²) in [4.78, 5) is 21.3. The normalized spacial score (nSPS) is 24.3. The highest BCUT2D eigenvalue weighted by Gasteiger charge is 2.42. The molecule has 4 rings (SSSR count). The summed E-state index contributed by atoms with van der Waals surface area (Å²) < 4.78 is 11.1.